The highest BCUT2D eigenvalue weighted by Gasteiger charge is 2.31. The number of nitrogens with two attached hydrogens (primary N) is 1. The molecule has 0 aliphatic rings. The summed E-state index contributed by atoms with van der Waals surface area (Å²) in [5.74, 6) is -3.90. The summed E-state index contributed by atoms with van der Waals surface area (Å²) in [4.78, 5) is 31.1. The monoisotopic (exact) mass is 484 g/mol. The number of aromatic nitrogens is 2. The van der Waals surface area contributed by atoms with Gasteiger partial charge in [-0.3, -0.25) is 4.79 Å². The fourth-order valence-electron chi connectivity index (χ4n) is 3.55. The van der Waals surface area contributed by atoms with E-state index in [-0.39, 0.29) is 33.5 Å². The van der Waals surface area contributed by atoms with Crippen LogP contribution in [0.4, 0.5) is 29.1 Å². The quantitative estimate of drug-likeness (QED) is 0.339. The van der Waals surface area contributed by atoms with E-state index in [0.29, 0.717) is 11.1 Å². The number of alkyl halides is 3. The number of halogens is 4. The number of nitrogens with zero attached hydrogens (tertiary/aromatic N) is 2. The van der Waals surface area contributed by atoms with Crippen LogP contribution in [0.5, 0.6) is 0 Å². The van der Waals surface area contributed by atoms with Gasteiger partial charge < -0.3 is 16.2 Å². The third kappa shape index (κ3) is 4.60. The lowest BCUT2D eigenvalue weighted by Crippen LogP contribution is -2.14. The van der Waals surface area contributed by atoms with Crippen molar-refractivity contribution in [3.63, 3.8) is 0 Å². The van der Waals surface area contributed by atoms with Crippen LogP contribution in [0.3, 0.4) is 0 Å². The van der Waals surface area contributed by atoms with Gasteiger partial charge in [0.1, 0.15) is 11.6 Å². The van der Waals surface area contributed by atoms with Gasteiger partial charge in [-0.15, -0.1) is 0 Å². The Balaban J connectivity index is 1.72. The number of aromatic carboxylic acids is 1. The number of fused-ring (bicyclic) bond motifs is 1. The second-order valence-electron chi connectivity index (χ2n) is 7.62. The number of carboxylic acids is 1. The summed E-state index contributed by atoms with van der Waals surface area (Å²) < 4.78 is 54.3. The van der Waals surface area contributed by atoms with Gasteiger partial charge in [0.15, 0.2) is 0 Å². The summed E-state index contributed by atoms with van der Waals surface area (Å²) in [5, 5.41) is 11.4. The Labute approximate surface area is 195 Å². The first-order chi connectivity index (χ1) is 16.5. The molecular weight excluding hydrogens is 468 g/mol. The molecule has 0 fully saturated rings. The molecule has 0 spiro atoms. The zero-order valence-corrected chi connectivity index (χ0v) is 17.9. The lowest BCUT2D eigenvalue weighted by atomic mass is 9.97. The number of hydrogen-bond donors (Lipinski definition) is 3. The normalized spacial score (nSPS) is 11.5. The van der Waals surface area contributed by atoms with E-state index in [4.69, 9.17) is 10.8 Å². The molecular formula is C24H16F4N4O3. The number of hydrogen-bond acceptors (Lipinski definition) is 5. The van der Waals surface area contributed by atoms with Crippen molar-refractivity contribution in [1.29, 1.82) is 0 Å². The van der Waals surface area contributed by atoms with Gasteiger partial charge >= 0.3 is 12.1 Å². The topological polar surface area (TPSA) is 118 Å². The zero-order chi connectivity index (χ0) is 25.5. The first-order valence-corrected chi connectivity index (χ1v) is 10.0. The standard InChI is InChI=1S/C24H16F4N4O3/c1-11-5-6-14(30-22(33)12-3-2-4-13(9-12)24(26,27)28)10-16(11)15-7-8-17-18(19(15)25)20(29)32-21(31-17)23(34)35/h2-10H,1H3,(H,30,33)(H,34,35)(H2,29,31,32). The molecule has 0 unspecified atom stereocenters. The Morgan fingerprint density at radius 3 is 2.43 bits per heavy atom. The van der Waals surface area contributed by atoms with Crippen LogP contribution >= 0.6 is 0 Å². The molecule has 0 atom stereocenters. The average molecular weight is 484 g/mol. The highest BCUT2D eigenvalue weighted by molar-refractivity contribution is 6.05. The van der Waals surface area contributed by atoms with Crippen LogP contribution < -0.4 is 11.1 Å². The van der Waals surface area contributed by atoms with Gasteiger partial charge in [-0.25, -0.2) is 19.2 Å². The van der Waals surface area contributed by atoms with Crippen molar-refractivity contribution in [3.05, 3.63) is 82.9 Å². The first-order valence-electron chi connectivity index (χ1n) is 10.0. The van der Waals surface area contributed by atoms with Crippen molar-refractivity contribution in [3.8, 4) is 11.1 Å². The van der Waals surface area contributed by atoms with Crippen LogP contribution in [0.15, 0.2) is 54.6 Å². The lowest BCUT2D eigenvalue weighted by Gasteiger charge is -2.14. The molecule has 0 radical (unpaired) electrons. The molecule has 4 aromatic rings. The molecule has 1 heterocycles. The molecule has 0 bridgehead atoms. The third-order valence-electron chi connectivity index (χ3n) is 5.26. The second kappa shape index (κ2) is 8.67. The number of rotatable bonds is 4. The van der Waals surface area contributed by atoms with Gasteiger partial charge in [0, 0.05) is 16.8 Å². The van der Waals surface area contributed by atoms with Crippen molar-refractivity contribution in [2.45, 2.75) is 13.1 Å². The number of nitrogen functional groups attached to an aromatic ring is 1. The number of benzene rings is 3. The molecule has 11 heteroatoms. The molecule has 1 amide bonds. The molecule has 0 saturated carbocycles. The van der Waals surface area contributed by atoms with Crippen LogP contribution in [0.25, 0.3) is 22.0 Å². The van der Waals surface area contributed by atoms with E-state index in [2.05, 4.69) is 15.3 Å². The van der Waals surface area contributed by atoms with E-state index in [1.54, 1.807) is 13.0 Å². The maximum atomic E-state index is 15.4. The number of carbonyl (C=O) groups excluding carboxylic acids is 1. The number of carbonyl (C=O) groups is 2. The van der Waals surface area contributed by atoms with Gasteiger partial charge in [-0.2, -0.15) is 13.2 Å². The molecule has 35 heavy (non-hydrogen) atoms. The van der Waals surface area contributed by atoms with Crippen LogP contribution in [-0.4, -0.2) is 27.0 Å². The number of carboxylic acid groups (broad SMARTS) is 1. The molecule has 4 rings (SSSR count). The number of aryl methyl sites for hydroxylation is 1. The van der Waals surface area contributed by atoms with Gasteiger partial charge in [0.05, 0.1) is 16.5 Å². The number of amides is 1. The van der Waals surface area contributed by atoms with Gasteiger partial charge in [-0.1, -0.05) is 12.1 Å². The van der Waals surface area contributed by atoms with E-state index in [1.165, 1.54) is 30.3 Å². The van der Waals surface area contributed by atoms with Crippen molar-refractivity contribution in [2.24, 2.45) is 0 Å². The van der Waals surface area contributed by atoms with Crippen molar-refractivity contribution in [1.82, 2.24) is 9.97 Å². The Morgan fingerprint density at radius 1 is 1.00 bits per heavy atom. The van der Waals surface area contributed by atoms with E-state index < -0.39 is 35.3 Å². The predicted molar refractivity (Wildman–Crippen MR) is 120 cm³/mol. The van der Waals surface area contributed by atoms with Crippen LogP contribution in [0.2, 0.25) is 0 Å². The largest absolute Gasteiger partial charge is 0.475 e. The molecule has 0 saturated heterocycles. The van der Waals surface area contributed by atoms with Crippen LogP contribution in [0.1, 0.15) is 32.1 Å². The second-order valence-corrected chi connectivity index (χ2v) is 7.62. The number of nitrogens with one attached hydrogen (secondary N) is 1. The SMILES string of the molecule is Cc1ccc(NC(=O)c2cccc(C(F)(F)F)c2)cc1-c1ccc2nc(C(=O)O)nc(N)c2c1F. The summed E-state index contributed by atoms with van der Waals surface area (Å²) in [7, 11) is 0. The summed E-state index contributed by atoms with van der Waals surface area (Å²) in [6.45, 7) is 1.70. The molecule has 3 aromatic carbocycles. The van der Waals surface area contributed by atoms with Crippen LogP contribution in [-0.2, 0) is 6.18 Å². The van der Waals surface area contributed by atoms with Gasteiger partial charge in [0.2, 0.25) is 5.82 Å². The minimum absolute atomic E-state index is 0.00260. The van der Waals surface area contributed by atoms with E-state index in [0.717, 1.165) is 18.2 Å². The Kier molecular flexibility index (Phi) is 5.85. The number of anilines is 2. The molecule has 4 N–H and O–H groups in total. The zero-order valence-electron chi connectivity index (χ0n) is 17.9. The third-order valence-corrected chi connectivity index (χ3v) is 5.26. The van der Waals surface area contributed by atoms with Crippen molar-refractivity contribution < 1.29 is 32.3 Å². The lowest BCUT2D eigenvalue weighted by molar-refractivity contribution is -0.137. The maximum absolute atomic E-state index is 15.4. The van der Waals surface area contributed by atoms with E-state index in [1.807, 2.05) is 0 Å². The molecule has 7 nitrogen and oxygen atoms in total. The van der Waals surface area contributed by atoms with Gasteiger partial charge in [0.25, 0.3) is 5.91 Å². The highest BCUT2D eigenvalue weighted by atomic mass is 19.4. The Hall–Kier alpha value is -4.54. The summed E-state index contributed by atoms with van der Waals surface area (Å²) in [6.07, 6.45) is -4.60. The fraction of sp³-hybridized carbons (Fsp3) is 0.0833. The maximum Gasteiger partial charge on any atom is 0.416 e. The predicted octanol–water partition coefficient (Wildman–Crippen LogP) is 5.30. The fourth-order valence-corrected chi connectivity index (χ4v) is 3.55. The minimum atomic E-state index is -4.60. The van der Waals surface area contributed by atoms with Crippen molar-refractivity contribution >= 4 is 34.3 Å². The molecule has 1 aromatic heterocycles. The highest BCUT2D eigenvalue weighted by Crippen LogP contribution is 2.34. The molecule has 0 aliphatic carbocycles. The van der Waals surface area contributed by atoms with E-state index >= 15 is 4.39 Å². The van der Waals surface area contributed by atoms with Crippen LogP contribution in [0, 0.1) is 12.7 Å². The van der Waals surface area contributed by atoms with Crippen molar-refractivity contribution in [2.75, 3.05) is 11.1 Å². The average Bonchev–Trinajstić information content (AvgIpc) is 2.80. The summed E-state index contributed by atoms with van der Waals surface area (Å²) in [6, 6.07) is 11.4. The minimum Gasteiger partial charge on any atom is -0.475 e. The Bertz CT molecular complexity index is 1500. The first kappa shape index (κ1) is 23.6. The molecule has 0 aliphatic heterocycles. The smallest absolute Gasteiger partial charge is 0.416 e. The van der Waals surface area contributed by atoms with E-state index in [9.17, 15) is 22.8 Å². The van der Waals surface area contributed by atoms with Gasteiger partial charge in [-0.05, 0) is 60.5 Å². The summed E-state index contributed by atoms with van der Waals surface area (Å²) in [5.41, 5.74) is 5.94. The Morgan fingerprint density at radius 2 is 1.74 bits per heavy atom. The molecule has 178 valence electrons. The summed E-state index contributed by atoms with van der Waals surface area (Å²) >= 11 is 0.